The number of para-hydroxylation sites is 1. The van der Waals surface area contributed by atoms with E-state index in [1.165, 1.54) is 12.5 Å². The molecule has 0 radical (unpaired) electrons. The van der Waals surface area contributed by atoms with Gasteiger partial charge in [0.15, 0.2) is 5.13 Å². The Morgan fingerprint density at radius 1 is 1.36 bits per heavy atom. The van der Waals surface area contributed by atoms with Crippen LogP contribution >= 0.6 is 11.3 Å². The molecule has 1 aliphatic heterocycles. The number of anilines is 1. The lowest BCUT2D eigenvalue weighted by Gasteiger charge is -2.32. The standard InChI is InChI=1S/C17H17N5O2S/c23-15-12(8-18-10-19-15)16(24)20-11-4-3-7-22(9-11)17-21-13-5-1-2-6-14(13)25-17/h1-2,5-6,8,10-11H,3-4,7,9H2,(H,20,24)(H,18,19,23). The van der Waals surface area contributed by atoms with Crippen LogP contribution in [0.25, 0.3) is 10.2 Å². The molecular formula is C17H17N5O2S. The Hall–Kier alpha value is -2.74. The molecule has 3 aromatic rings. The summed E-state index contributed by atoms with van der Waals surface area (Å²) in [6.45, 7) is 1.60. The fourth-order valence-electron chi connectivity index (χ4n) is 3.03. The van der Waals surface area contributed by atoms with E-state index < -0.39 is 5.56 Å². The van der Waals surface area contributed by atoms with E-state index in [-0.39, 0.29) is 17.5 Å². The van der Waals surface area contributed by atoms with E-state index in [1.807, 2.05) is 18.2 Å². The molecule has 0 bridgehead atoms. The molecule has 1 unspecified atom stereocenters. The summed E-state index contributed by atoms with van der Waals surface area (Å²) in [7, 11) is 0. The minimum atomic E-state index is -0.425. The van der Waals surface area contributed by atoms with Crippen LogP contribution in [0.3, 0.4) is 0 Å². The molecule has 0 aliphatic carbocycles. The van der Waals surface area contributed by atoms with E-state index in [9.17, 15) is 9.59 Å². The molecule has 128 valence electrons. The first-order valence-electron chi connectivity index (χ1n) is 8.15. The van der Waals surface area contributed by atoms with E-state index in [4.69, 9.17) is 0 Å². The van der Waals surface area contributed by atoms with Gasteiger partial charge in [0.25, 0.3) is 11.5 Å². The first-order valence-corrected chi connectivity index (χ1v) is 8.96. The number of nitrogens with zero attached hydrogens (tertiary/aromatic N) is 3. The quantitative estimate of drug-likeness (QED) is 0.747. The number of carbonyl (C=O) groups excluding carboxylic acids is 1. The third-order valence-corrected chi connectivity index (χ3v) is 5.37. The van der Waals surface area contributed by atoms with Gasteiger partial charge in [0, 0.05) is 25.3 Å². The lowest BCUT2D eigenvalue weighted by atomic mass is 10.1. The molecule has 4 rings (SSSR count). The van der Waals surface area contributed by atoms with Crippen LogP contribution in [0.5, 0.6) is 0 Å². The van der Waals surface area contributed by atoms with Gasteiger partial charge in [0.1, 0.15) is 5.56 Å². The van der Waals surface area contributed by atoms with Crippen molar-refractivity contribution in [2.24, 2.45) is 0 Å². The summed E-state index contributed by atoms with van der Waals surface area (Å²) in [5.41, 5.74) is 0.613. The highest BCUT2D eigenvalue weighted by atomic mass is 32.1. The second-order valence-corrected chi connectivity index (χ2v) is 7.03. The molecule has 25 heavy (non-hydrogen) atoms. The minimum Gasteiger partial charge on any atom is -0.347 e. The van der Waals surface area contributed by atoms with Gasteiger partial charge in [-0.05, 0) is 25.0 Å². The average molecular weight is 355 g/mol. The predicted octanol–water partition coefficient (Wildman–Crippen LogP) is 1.78. The van der Waals surface area contributed by atoms with E-state index in [1.54, 1.807) is 11.3 Å². The van der Waals surface area contributed by atoms with Crippen LogP contribution < -0.4 is 15.8 Å². The Labute approximate surface area is 147 Å². The van der Waals surface area contributed by atoms with E-state index >= 15 is 0 Å². The average Bonchev–Trinajstić information content (AvgIpc) is 3.06. The zero-order valence-electron chi connectivity index (χ0n) is 13.4. The predicted molar refractivity (Wildman–Crippen MR) is 97.2 cm³/mol. The summed E-state index contributed by atoms with van der Waals surface area (Å²) >= 11 is 1.66. The Morgan fingerprint density at radius 2 is 2.24 bits per heavy atom. The Morgan fingerprint density at radius 3 is 3.08 bits per heavy atom. The highest BCUT2D eigenvalue weighted by molar-refractivity contribution is 7.22. The first-order chi connectivity index (χ1) is 12.2. The Bertz CT molecular complexity index is 934. The van der Waals surface area contributed by atoms with Gasteiger partial charge < -0.3 is 15.2 Å². The van der Waals surface area contributed by atoms with Gasteiger partial charge in [-0.15, -0.1) is 0 Å². The zero-order valence-corrected chi connectivity index (χ0v) is 14.3. The number of H-pyrrole nitrogens is 1. The van der Waals surface area contributed by atoms with Crippen LogP contribution in [0.1, 0.15) is 23.2 Å². The molecule has 1 fully saturated rings. The Kier molecular flexibility index (Phi) is 4.19. The van der Waals surface area contributed by atoms with Crippen molar-refractivity contribution in [3.63, 3.8) is 0 Å². The van der Waals surface area contributed by atoms with Crippen molar-refractivity contribution in [1.29, 1.82) is 0 Å². The molecule has 1 atom stereocenters. The molecule has 0 saturated carbocycles. The van der Waals surface area contributed by atoms with Crippen molar-refractivity contribution in [2.45, 2.75) is 18.9 Å². The summed E-state index contributed by atoms with van der Waals surface area (Å²) in [5, 5.41) is 3.92. The van der Waals surface area contributed by atoms with Crippen molar-refractivity contribution in [1.82, 2.24) is 20.3 Å². The molecular weight excluding hydrogens is 338 g/mol. The lowest BCUT2D eigenvalue weighted by Crippen LogP contribution is -2.48. The van der Waals surface area contributed by atoms with Gasteiger partial charge in [-0.25, -0.2) is 9.97 Å². The fourth-order valence-corrected chi connectivity index (χ4v) is 4.03. The summed E-state index contributed by atoms with van der Waals surface area (Å²) in [4.78, 5) is 37.2. The van der Waals surface area contributed by atoms with Gasteiger partial charge in [0.2, 0.25) is 0 Å². The molecule has 2 aromatic heterocycles. The van der Waals surface area contributed by atoms with Crippen LogP contribution in [0.4, 0.5) is 5.13 Å². The number of amides is 1. The van der Waals surface area contributed by atoms with Gasteiger partial charge in [-0.3, -0.25) is 9.59 Å². The van der Waals surface area contributed by atoms with Crippen molar-refractivity contribution >= 4 is 32.6 Å². The maximum absolute atomic E-state index is 12.3. The van der Waals surface area contributed by atoms with Crippen LogP contribution in [0.2, 0.25) is 0 Å². The number of benzene rings is 1. The van der Waals surface area contributed by atoms with Crippen LogP contribution in [-0.2, 0) is 0 Å². The van der Waals surface area contributed by atoms with Gasteiger partial charge in [0.05, 0.1) is 16.5 Å². The number of piperidine rings is 1. The number of thiazole rings is 1. The van der Waals surface area contributed by atoms with Crippen LogP contribution in [0, 0.1) is 0 Å². The first kappa shape index (κ1) is 15.8. The number of fused-ring (bicyclic) bond motifs is 1. The van der Waals surface area contributed by atoms with Crippen molar-refractivity contribution in [3.8, 4) is 0 Å². The third-order valence-electron chi connectivity index (χ3n) is 4.27. The van der Waals surface area contributed by atoms with Gasteiger partial charge >= 0.3 is 0 Å². The summed E-state index contributed by atoms with van der Waals surface area (Å²) < 4.78 is 1.16. The largest absolute Gasteiger partial charge is 0.347 e. The number of aromatic nitrogens is 3. The molecule has 1 amide bonds. The van der Waals surface area contributed by atoms with Gasteiger partial charge in [-0.2, -0.15) is 0 Å². The molecule has 7 nitrogen and oxygen atoms in total. The molecule has 1 aliphatic rings. The Balaban J connectivity index is 1.48. The number of nitrogens with one attached hydrogen (secondary N) is 2. The van der Waals surface area contributed by atoms with Crippen molar-refractivity contribution in [2.75, 3.05) is 18.0 Å². The summed E-state index contributed by atoms with van der Waals surface area (Å²) in [5.74, 6) is -0.384. The van der Waals surface area contributed by atoms with E-state index in [0.717, 1.165) is 34.7 Å². The van der Waals surface area contributed by atoms with Crippen molar-refractivity contribution in [3.05, 3.63) is 52.7 Å². The molecule has 3 heterocycles. The SMILES string of the molecule is O=C(NC1CCCN(c2nc3ccccc3s2)C1)c1cnc[nH]c1=O. The van der Waals surface area contributed by atoms with Gasteiger partial charge in [-0.1, -0.05) is 23.5 Å². The zero-order chi connectivity index (χ0) is 17.2. The summed E-state index contributed by atoms with van der Waals surface area (Å²) in [6.07, 6.45) is 4.41. The number of rotatable bonds is 3. The van der Waals surface area contributed by atoms with E-state index in [2.05, 4.69) is 31.2 Å². The van der Waals surface area contributed by atoms with Crippen molar-refractivity contribution < 1.29 is 4.79 Å². The smallest absolute Gasteiger partial charge is 0.263 e. The minimum absolute atomic E-state index is 0.0205. The normalized spacial score (nSPS) is 17.6. The van der Waals surface area contributed by atoms with E-state index in [0.29, 0.717) is 6.54 Å². The highest BCUT2D eigenvalue weighted by Gasteiger charge is 2.24. The number of hydrogen-bond acceptors (Lipinski definition) is 6. The molecule has 1 aromatic carbocycles. The maximum atomic E-state index is 12.3. The third kappa shape index (κ3) is 3.25. The molecule has 8 heteroatoms. The monoisotopic (exact) mass is 355 g/mol. The maximum Gasteiger partial charge on any atom is 0.263 e. The number of aromatic amines is 1. The lowest BCUT2D eigenvalue weighted by molar-refractivity contribution is 0.0931. The second kappa shape index (κ2) is 6.64. The number of hydrogen-bond donors (Lipinski definition) is 2. The highest BCUT2D eigenvalue weighted by Crippen LogP contribution is 2.30. The van der Waals surface area contributed by atoms with Crippen LogP contribution in [-0.4, -0.2) is 40.0 Å². The molecule has 2 N–H and O–H groups in total. The molecule has 1 saturated heterocycles. The fraction of sp³-hybridized carbons (Fsp3) is 0.294. The topological polar surface area (TPSA) is 91.0 Å². The summed E-state index contributed by atoms with van der Waals surface area (Å²) in [6, 6.07) is 8.04. The number of carbonyl (C=O) groups is 1. The molecule has 0 spiro atoms. The second-order valence-electron chi connectivity index (χ2n) is 6.02. The van der Waals surface area contributed by atoms with Crippen LogP contribution in [0.15, 0.2) is 41.6 Å².